The molecule has 0 bridgehead atoms. The summed E-state index contributed by atoms with van der Waals surface area (Å²) in [4.78, 5) is 14.6. The summed E-state index contributed by atoms with van der Waals surface area (Å²) in [6.07, 6.45) is 5.14. The second-order valence-corrected chi connectivity index (χ2v) is 9.07. The fraction of sp³-hybridized carbons (Fsp3) is 0.348. The number of aromatic nitrogens is 3. The Hall–Kier alpha value is -2.61. The SMILES string of the molecule is OC(c1ccccc1-c1ncc(F)cn1)N1CC2CC23CC(Oc2ccc(Cl)cn2)C13. The molecule has 1 saturated heterocycles. The standard InChI is InChI=1S/C23H20ClFN4O2/c24-14-5-6-19(26-9-14)31-18-8-23-7-13(23)12-29(20(18)23)22(30)17-4-2-1-3-16(17)21-27-10-15(25)11-28-21/h1-6,9-11,13,18,20,22,30H,7-8,12H2. The van der Waals surface area contributed by atoms with E-state index in [0.29, 0.717) is 33.8 Å². The number of hydrogen-bond donors (Lipinski definition) is 1. The van der Waals surface area contributed by atoms with E-state index in [1.54, 1.807) is 18.3 Å². The number of nitrogens with zero attached hydrogens (tertiary/aromatic N) is 4. The van der Waals surface area contributed by atoms with Crippen molar-refractivity contribution in [2.45, 2.75) is 31.2 Å². The molecule has 1 spiro atoms. The minimum Gasteiger partial charge on any atom is -0.473 e. The Bertz CT molecular complexity index is 1130. The number of halogens is 2. The van der Waals surface area contributed by atoms with Crippen LogP contribution in [0.4, 0.5) is 4.39 Å². The van der Waals surface area contributed by atoms with Gasteiger partial charge < -0.3 is 9.84 Å². The third-order valence-electron chi connectivity index (χ3n) is 6.98. The molecular weight excluding hydrogens is 419 g/mol. The van der Waals surface area contributed by atoms with Crippen molar-refractivity contribution in [1.29, 1.82) is 0 Å². The van der Waals surface area contributed by atoms with Crippen LogP contribution in [0.1, 0.15) is 24.6 Å². The van der Waals surface area contributed by atoms with E-state index >= 15 is 0 Å². The molecule has 0 amide bonds. The van der Waals surface area contributed by atoms with E-state index in [4.69, 9.17) is 16.3 Å². The number of aliphatic hydroxyl groups is 1. The molecule has 1 N–H and O–H groups in total. The molecule has 2 aliphatic carbocycles. The van der Waals surface area contributed by atoms with Gasteiger partial charge in [-0.1, -0.05) is 35.9 Å². The molecule has 158 valence electrons. The number of rotatable bonds is 5. The molecule has 1 aromatic carbocycles. The van der Waals surface area contributed by atoms with Gasteiger partial charge in [-0.3, -0.25) is 4.90 Å². The van der Waals surface area contributed by atoms with Gasteiger partial charge in [0.1, 0.15) is 12.3 Å². The highest BCUT2D eigenvalue weighted by Crippen LogP contribution is 2.72. The van der Waals surface area contributed by atoms with E-state index in [0.717, 1.165) is 25.4 Å². The summed E-state index contributed by atoms with van der Waals surface area (Å²) in [5, 5.41) is 12.0. The minimum absolute atomic E-state index is 0.0370. The number of likely N-dealkylation sites (tertiary alicyclic amines) is 1. The van der Waals surface area contributed by atoms with Crippen molar-refractivity contribution in [2.75, 3.05) is 6.54 Å². The maximum absolute atomic E-state index is 13.3. The van der Waals surface area contributed by atoms with Crippen LogP contribution in [-0.2, 0) is 0 Å². The van der Waals surface area contributed by atoms with Crippen LogP contribution in [0.3, 0.4) is 0 Å². The summed E-state index contributed by atoms with van der Waals surface area (Å²) in [7, 11) is 0. The van der Waals surface area contributed by atoms with Gasteiger partial charge in [-0.25, -0.2) is 19.3 Å². The first-order chi connectivity index (χ1) is 15.0. The average molecular weight is 439 g/mol. The molecule has 5 atom stereocenters. The number of benzene rings is 1. The number of hydrogen-bond acceptors (Lipinski definition) is 6. The van der Waals surface area contributed by atoms with Crippen LogP contribution in [0, 0.1) is 17.2 Å². The second kappa shape index (κ2) is 6.95. The Morgan fingerprint density at radius 2 is 1.90 bits per heavy atom. The molecule has 3 aromatic rings. The fourth-order valence-electron chi connectivity index (χ4n) is 5.49. The highest BCUT2D eigenvalue weighted by molar-refractivity contribution is 6.30. The van der Waals surface area contributed by atoms with Crippen LogP contribution in [0.25, 0.3) is 11.4 Å². The zero-order valence-electron chi connectivity index (χ0n) is 16.5. The highest BCUT2D eigenvalue weighted by atomic mass is 35.5. The van der Waals surface area contributed by atoms with Gasteiger partial charge in [0.2, 0.25) is 5.88 Å². The second-order valence-electron chi connectivity index (χ2n) is 8.64. The van der Waals surface area contributed by atoms with Crippen LogP contribution in [-0.4, -0.2) is 43.6 Å². The van der Waals surface area contributed by atoms with E-state index in [-0.39, 0.29) is 17.6 Å². The summed E-state index contributed by atoms with van der Waals surface area (Å²) in [6, 6.07) is 11.1. The van der Waals surface area contributed by atoms with Crippen molar-refractivity contribution < 1.29 is 14.2 Å². The van der Waals surface area contributed by atoms with Crippen LogP contribution in [0.15, 0.2) is 55.0 Å². The summed E-state index contributed by atoms with van der Waals surface area (Å²) in [5.41, 5.74) is 1.64. The fourth-order valence-corrected chi connectivity index (χ4v) is 5.60. The van der Waals surface area contributed by atoms with Crippen LogP contribution >= 0.6 is 11.6 Å². The Kier molecular flexibility index (Phi) is 4.28. The van der Waals surface area contributed by atoms with E-state index in [1.165, 1.54) is 6.42 Å². The minimum atomic E-state index is -0.830. The number of ether oxygens (including phenoxy) is 1. The predicted molar refractivity (Wildman–Crippen MR) is 112 cm³/mol. The highest BCUT2D eigenvalue weighted by Gasteiger charge is 2.75. The van der Waals surface area contributed by atoms with Gasteiger partial charge >= 0.3 is 0 Å². The molecule has 1 aliphatic heterocycles. The van der Waals surface area contributed by atoms with Crippen molar-refractivity contribution in [2.24, 2.45) is 11.3 Å². The summed E-state index contributed by atoms with van der Waals surface area (Å²) < 4.78 is 19.5. The van der Waals surface area contributed by atoms with Crippen molar-refractivity contribution in [3.05, 3.63) is 71.4 Å². The first-order valence-corrected chi connectivity index (χ1v) is 10.7. The Morgan fingerprint density at radius 3 is 2.68 bits per heavy atom. The van der Waals surface area contributed by atoms with Gasteiger partial charge in [-0.05, 0) is 30.2 Å². The van der Waals surface area contributed by atoms with Gasteiger partial charge in [0.25, 0.3) is 0 Å². The zero-order chi connectivity index (χ0) is 21.2. The Labute approximate surface area is 183 Å². The lowest BCUT2D eigenvalue weighted by atomic mass is 9.72. The average Bonchev–Trinajstić information content (AvgIpc) is 3.43. The molecule has 3 heterocycles. The van der Waals surface area contributed by atoms with E-state index in [2.05, 4.69) is 19.9 Å². The lowest BCUT2D eigenvalue weighted by Crippen LogP contribution is -2.58. The summed E-state index contributed by atoms with van der Waals surface area (Å²) >= 11 is 5.93. The van der Waals surface area contributed by atoms with E-state index < -0.39 is 12.0 Å². The first-order valence-electron chi connectivity index (χ1n) is 10.3. The third-order valence-corrected chi connectivity index (χ3v) is 7.20. The van der Waals surface area contributed by atoms with Crippen LogP contribution in [0.2, 0.25) is 5.02 Å². The molecule has 0 radical (unpaired) electrons. The predicted octanol–water partition coefficient (Wildman–Crippen LogP) is 3.86. The summed E-state index contributed by atoms with van der Waals surface area (Å²) in [6.45, 7) is 0.818. The van der Waals surface area contributed by atoms with Crippen molar-refractivity contribution in [3.8, 4) is 17.3 Å². The largest absolute Gasteiger partial charge is 0.473 e. The van der Waals surface area contributed by atoms with Crippen molar-refractivity contribution in [3.63, 3.8) is 0 Å². The lowest BCUT2D eigenvalue weighted by molar-refractivity contribution is -0.107. The van der Waals surface area contributed by atoms with Gasteiger partial charge in [0.05, 0.1) is 23.5 Å². The van der Waals surface area contributed by atoms with Gasteiger partial charge in [-0.15, -0.1) is 0 Å². The zero-order valence-corrected chi connectivity index (χ0v) is 17.3. The number of pyridine rings is 1. The third kappa shape index (κ3) is 3.03. The monoisotopic (exact) mass is 438 g/mol. The number of aliphatic hydroxyl groups excluding tert-OH is 1. The molecule has 5 unspecified atom stereocenters. The molecule has 6 nitrogen and oxygen atoms in total. The topological polar surface area (TPSA) is 71.4 Å². The molecule has 2 saturated carbocycles. The maximum Gasteiger partial charge on any atom is 0.213 e. The Balaban J connectivity index is 1.28. The van der Waals surface area contributed by atoms with Crippen LogP contribution < -0.4 is 4.74 Å². The van der Waals surface area contributed by atoms with E-state index in [9.17, 15) is 9.50 Å². The van der Waals surface area contributed by atoms with Crippen LogP contribution in [0.5, 0.6) is 5.88 Å². The van der Waals surface area contributed by atoms with E-state index in [1.807, 2.05) is 24.3 Å². The first kappa shape index (κ1) is 19.1. The van der Waals surface area contributed by atoms with Crippen molar-refractivity contribution >= 4 is 11.6 Å². The molecule has 6 rings (SSSR count). The van der Waals surface area contributed by atoms with Gasteiger partial charge in [0.15, 0.2) is 11.6 Å². The van der Waals surface area contributed by atoms with Crippen molar-refractivity contribution in [1.82, 2.24) is 19.9 Å². The molecule has 31 heavy (non-hydrogen) atoms. The smallest absolute Gasteiger partial charge is 0.213 e. The maximum atomic E-state index is 13.3. The van der Waals surface area contributed by atoms with Gasteiger partial charge in [-0.2, -0.15) is 0 Å². The molecule has 2 aromatic heterocycles. The molecule has 3 fully saturated rings. The van der Waals surface area contributed by atoms with Gasteiger partial charge in [0, 0.05) is 29.9 Å². The lowest BCUT2D eigenvalue weighted by Gasteiger charge is -2.48. The summed E-state index contributed by atoms with van der Waals surface area (Å²) in [5.74, 6) is 1.03. The molecule has 8 heteroatoms. The quantitative estimate of drug-likeness (QED) is 0.652. The normalized spacial score (nSPS) is 29.6. The Morgan fingerprint density at radius 1 is 1.10 bits per heavy atom. The molecular formula is C23H20ClFN4O2. The number of piperidine rings is 1. The molecule has 3 aliphatic rings.